The first-order chi connectivity index (χ1) is 12.1. The topological polar surface area (TPSA) is 56.6 Å². The average Bonchev–Trinajstić information content (AvgIpc) is 3.03. The molecule has 3 rings (SSSR count). The number of fused-ring (bicyclic) bond motifs is 1. The summed E-state index contributed by atoms with van der Waals surface area (Å²) in [6.45, 7) is 6.18. The third kappa shape index (κ3) is 3.85. The van der Waals surface area contributed by atoms with Gasteiger partial charge in [-0.3, -0.25) is 4.79 Å². The number of carbonyl (C=O) groups is 1. The first-order valence-corrected chi connectivity index (χ1v) is 8.62. The molecule has 0 aliphatic carbocycles. The molecule has 0 bridgehead atoms. The van der Waals surface area contributed by atoms with Crippen molar-refractivity contribution in [2.45, 2.75) is 32.9 Å². The van der Waals surface area contributed by atoms with E-state index < -0.39 is 0 Å². The molecule has 25 heavy (non-hydrogen) atoms. The minimum Gasteiger partial charge on any atom is -0.484 e. The van der Waals surface area contributed by atoms with Gasteiger partial charge < -0.3 is 18.9 Å². The largest absolute Gasteiger partial charge is 0.484 e. The lowest BCUT2D eigenvalue weighted by Gasteiger charge is -2.34. The second-order valence-electron chi connectivity index (χ2n) is 6.37. The summed E-state index contributed by atoms with van der Waals surface area (Å²) in [4.78, 5) is 18.9. The molecule has 0 saturated carbocycles. The fourth-order valence-corrected chi connectivity index (χ4v) is 3.17. The molecule has 1 aliphatic heterocycles. The summed E-state index contributed by atoms with van der Waals surface area (Å²) in [6, 6.07) is 7.66. The molecule has 1 atom stereocenters. The Balaban J connectivity index is 1.62. The van der Waals surface area contributed by atoms with E-state index in [4.69, 9.17) is 9.47 Å². The second-order valence-corrected chi connectivity index (χ2v) is 6.37. The molecule has 0 fully saturated rings. The van der Waals surface area contributed by atoms with Crippen molar-refractivity contribution in [3.8, 4) is 5.75 Å². The number of hydrogen-bond acceptors (Lipinski definition) is 4. The van der Waals surface area contributed by atoms with Crippen molar-refractivity contribution in [1.29, 1.82) is 0 Å². The Bertz CT molecular complexity index is 724. The van der Waals surface area contributed by atoms with E-state index in [1.54, 1.807) is 7.11 Å². The molecule has 1 aromatic heterocycles. The number of ether oxygens (including phenoxy) is 2. The van der Waals surface area contributed by atoms with Gasteiger partial charge in [0.1, 0.15) is 11.6 Å². The molecule has 0 saturated heterocycles. The van der Waals surface area contributed by atoms with E-state index in [1.165, 1.54) is 5.56 Å². The van der Waals surface area contributed by atoms with Crippen LogP contribution >= 0.6 is 0 Å². The predicted molar refractivity (Wildman–Crippen MR) is 94.6 cm³/mol. The number of nitrogens with zero attached hydrogens (tertiary/aromatic N) is 3. The maximum atomic E-state index is 12.6. The van der Waals surface area contributed by atoms with Crippen LogP contribution < -0.4 is 4.74 Å². The molecular weight excluding hydrogens is 318 g/mol. The van der Waals surface area contributed by atoms with Crippen LogP contribution in [-0.4, -0.2) is 47.2 Å². The summed E-state index contributed by atoms with van der Waals surface area (Å²) in [6.07, 6.45) is 2.72. The van der Waals surface area contributed by atoms with E-state index in [1.807, 2.05) is 49.2 Å². The zero-order valence-corrected chi connectivity index (χ0v) is 15.1. The van der Waals surface area contributed by atoms with E-state index >= 15 is 0 Å². The number of amides is 1. The van der Waals surface area contributed by atoms with Crippen molar-refractivity contribution in [2.75, 3.05) is 26.9 Å². The van der Waals surface area contributed by atoms with Crippen LogP contribution in [0.15, 0.2) is 30.5 Å². The average molecular weight is 343 g/mol. The van der Waals surface area contributed by atoms with Crippen LogP contribution in [0.25, 0.3) is 0 Å². The van der Waals surface area contributed by atoms with Gasteiger partial charge in [0.25, 0.3) is 5.91 Å². The highest BCUT2D eigenvalue weighted by molar-refractivity contribution is 5.78. The van der Waals surface area contributed by atoms with Crippen molar-refractivity contribution >= 4 is 5.91 Å². The van der Waals surface area contributed by atoms with Crippen LogP contribution in [0.4, 0.5) is 0 Å². The highest BCUT2D eigenvalue weighted by Crippen LogP contribution is 2.25. The number of hydrogen-bond donors (Lipinski definition) is 0. The van der Waals surface area contributed by atoms with E-state index in [9.17, 15) is 4.79 Å². The Hall–Kier alpha value is -2.34. The van der Waals surface area contributed by atoms with Crippen LogP contribution in [0.5, 0.6) is 5.75 Å². The molecule has 1 aromatic carbocycles. The summed E-state index contributed by atoms with van der Waals surface area (Å²) in [5.41, 5.74) is 2.33. The first-order valence-electron chi connectivity index (χ1n) is 8.62. The lowest BCUT2D eigenvalue weighted by molar-refractivity contribution is -0.136. The van der Waals surface area contributed by atoms with Crippen LogP contribution in [0.2, 0.25) is 0 Å². The Morgan fingerprint density at radius 3 is 2.76 bits per heavy atom. The van der Waals surface area contributed by atoms with Crippen LogP contribution in [0.1, 0.15) is 30.0 Å². The van der Waals surface area contributed by atoms with Crippen LogP contribution in [0.3, 0.4) is 0 Å². The van der Waals surface area contributed by atoms with Crippen molar-refractivity contribution in [2.24, 2.45) is 0 Å². The van der Waals surface area contributed by atoms with Gasteiger partial charge in [-0.2, -0.15) is 0 Å². The zero-order valence-electron chi connectivity index (χ0n) is 15.1. The maximum absolute atomic E-state index is 12.6. The number of rotatable bonds is 6. The van der Waals surface area contributed by atoms with Gasteiger partial charge in [-0.15, -0.1) is 0 Å². The molecule has 2 aromatic rings. The minimum atomic E-state index is -0.0563. The molecule has 0 N–H and O–H groups in total. The molecular formula is C19H25N3O3. The quantitative estimate of drug-likeness (QED) is 0.808. The van der Waals surface area contributed by atoms with E-state index in [0.29, 0.717) is 18.9 Å². The minimum absolute atomic E-state index is 0.0132. The molecule has 134 valence electrons. The van der Waals surface area contributed by atoms with Gasteiger partial charge in [0.15, 0.2) is 6.61 Å². The highest BCUT2D eigenvalue weighted by Gasteiger charge is 2.30. The Labute approximate surface area is 148 Å². The lowest BCUT2D eigenvalue weighted by Crippen LogP contribution is -2.43. The second kappa shape index (κ2) is 7.70. The van der Waals surface area contributed by atoms with Crippen molar-refractivity contribution in [3.05, 3.63) is 47.5 Å². The van der Waals surface area contributed by atoms with Crippen LogP contribution in [-0.2, 0) is 22.5 Å². The Morgan fingerprint density at radius 1 is 1.28 bits per heavy atom. The van der Waals surface area contributed by atoms with Crippen molar-refractivity contribution < 1.29 is 14.3 Å². The first kappa shape index (κ1) is 17.5. The van der Waals surface area contributed by atoms with E-state index in [2.05, 4.69) is 9.55 Å². The molecule has 0 spiro atoms. The summed E-state index contributed by atoms with van der Waals surface area (Å²) in [7, 11) is 1.70. The Morgan fingerprint density at radius 2 is 2.04 bits per heavy atom. The fraction of sp³-hybridized carbons (Fsp3) is 0.474. The molecule has 1 aliphatic rings. The number of benzene rings is 1. The van der Waals surface area contributed by atoms with Gasteiger partial charge >= 0.3 is 0 Å². The number of carbonyl (C=O) groups excluding carboxylic acids is 1. The summed E-state index contributed by atoms with van der Waals surface area (Å²) < 4.78 is 13.0. The van der Waals surface area contributed by atoms with Crippen molar-refractivity contribution in [3.63, 3.8) is 0 Å². The van der Waals surface area contributed by atoms with Gasteiger partial charge in [0, 0.05) is 38.5 Å². The normalized spacial score (nSPS) is 16.6. The zero-order chi connectivity index (χ0) is 17.8. The third-order valence-corrected chi connectivity index (χ3v) is 4.64. The van der Waals surface area contributed by atoms with Crippen LogP contribution in [0, 0.1) is 6.92 Å². The highest BCUT2D eigenvalue weighted by atomic mass is 16.5. The monoisotopic (exact) mass is 343 g/mol. The summed E-state index contributed by atoms with van der Waals surface area (Å²) >= 11 is 0. The number of imidazole rings is 1. The standard InChI is InChI=1S/C19H25N3O3/c1-14-4-6-17(7-5-14)25-13-18(23)21-9-10-22-16(8-11-24-3)12-20-19(22)15(21)2/h4-7,12,15H,8-11,13H2,1-3H3/t15-/m0/s1. The Kier molecular flexibility index (Phi) is 5.38. The van der Waals surface area contributed by atoms with Crippen molar-refractivity contribution in [1.82, 2.24) is 14.5 Å². The molecule has 1 amide bonds. The summed E-state index contributed by atoms with van der Waals surface area (Å²) in [5, 5.41) is 0. The molecule has 6 nitrogen and oxygen atoms in total. The molecule has 2 heterocycles. The van der Waals surface area contributed by atoms with Gasteiger partial charge in [0.05, 0.1) is 12.6 Å². The molecule has 0 radical (unpaired) electrons. The number of aryl methyl sites for hydroxylation is 1. The number of aromatic nitrogens is 2. The third-order valence-electron chi connectivity index (χ3n) is 4.64. The lowest BCUT2D eigenvalue weighted by atomic mass is 10.2. The van der Waals surface area contributed by atoms with Gasteiger partial charge in [0.2, 0.25) is 0 Å². The van der Waals surface area contributed by atoms with Gasteiger partial charge in [-0.05, 0) is 26.0 Å². The van der Waals surface area contributed by atoms with Gasteiger partial charge in [-0.1, -0.05) is 17.7 Å². The molecule has 0 unspecified atom stereocenters. The fourth-order valence-electron chi connectivity index (χ4n) is 3.17. The predicted octanol–water partition coefficient (Wildman–Crippen LogP) is 2.36. The van der Waals surface area contributed by atoms with Gasteiger partial charge in [-0.25, -0.2) is 4.98 Å². The maximum Gasteiger partial charge on any atom is 0.261 e. The van der Waals surface area contributed by atoms with E-state index in [0.717, 1.165) is 24.5 Å². The SMILES string of the molecule is COCCc1cnc2n1CCN(C(=O)COc1ccc(C)cc1)[C@H]2C. The summed E-state index contributed by atoms with van der Waals surface area (Å²) in [5.74, 6) is 1.63. The number of methoxy groups -OCH3 is 1. The molecule has 6 heteroatoms. The smallest absolute Gasteiger partial charge is 0.261 e. The van der Waals surface area contributed by atoms with E-state index in [-0.39, 0.29) is 18.6 Å².